The molecule has 2 fully saturated rings. The van der Waals surface area contributed by atoms with E-state index in [0.717, 1.165) is 31.3 Å². The summed E-state index contributed by atoms with van der Waals surface area (Å²) in [6.45, 7) is 7.85. The van der Waals surface area contributed by atoms with Gasteiger partial charge in [-0.25, -0.2) is 0 Å². The van der Waals surface area contributed by atoms with Crippen molar-refractivity contribution in [2.75, 3.05) is 37.6 Å². The van der Waals surface area contributed by atoms with Gasteiger partial charge in [-0.15, -0.1) is 0 Å². The molecule has 1 amide bonds. The van der Waals surface area contributed by atoms with Gasteiger partial charge in [0.2, 0.25) is 5.91 Å². The Labute approximate surface area is 150 Å². The average molecular weight is 346 g/mol. The first-order valence-corrected chi connectivity index (χ1v) is 9.33. The molecule has 1 aliphatic carbocycles. The van der Waals surface area contributed by atoms with Crippen molar-refractivity contribution in [1.29, 1.82) is 0 Å². The topological polar surface area (TPSA) is 65.8 Å². The number of anilines is 1. The van der Waals surface area contributed by atoms with Gasteiger partial charge in [-0.1, -0.05) is 19.8 Å². The summed E-state index contributed by atoms with van der Waals surface area (Å²) in [4.78, 5) is 21.4. The number of aliphatic imine (C=N–C) groups is 1. The van der Waals surface area contributed by atoms with E-state index in [1.807, 2.05) is 18.1 Å². The van der Waals surface area contributed by atoms with E-state index in [-0.39, 0.29) is 5.91 Å². The Morgan fingerprint density at radius 3 is 2.72 bits per heavy atom. The summed E-state index contributed by atoms with van der Waals surface area (Å²) in [6.07, 6.45) is 8.75. The van der Waals surface area contributed by atoms with Crippen molar-refractivity contribution in [2.24, 2.45) is 17.5 Å². The van der Waals surface area contributed by atoms with Gasteiger partial charge in [-0.3, -0.25) is 14.5 Å². The maximum absolute atomic E-state index is 12.6. The van der Waals surface area contributed by atoms with Crippen LogP contribution in [0.4, 0.5) is 5.69 Å². The fourth-order valence-electron chi connectivity index (χ4n) is 3.75. The Morgan fingerprint density at radius 2 is 2.12 bits per heavy atom. The van der Waals surface area contributed by atoms with E-state index in [1.54, 1.807) is 10.9 Å². The lowest BCUT2D eigenvalue weighted by atomic mass is 9.89. The number of aryl methyl sites for hydroxylation is 1. The Kier molecular flexibility index (Phi) is 5.30. The van der Waals surface area contributed by atoms with E-state index < -0.39 is 0 Å². The highest BCUT2D eigenvalue weighted by Crippen LogP contribution is 2.37. The van der Waals surface area contributed by atoms with Crippen LogP contribution in [0.1, 0.15) is 39.5 Å². The molecule has 25 heavy (non-hydrogen) atoms. The molecule has 1 aliphatic heterocycles. The molecule has 0 unspecified atom stereocenters. The highest BCUT2D eigenvalue weighted by molar-refractivity contribution is 5.98. The number of guanidine groups is 1. The monoisotopic (exact) mass is 346 g/mol. The summed E-state index contributed by atoms with van der Waals surface area (Å²) in [5.74, 6) is 0.965. The van der Waals surface area contributed by atoms with Gasteiger partial charge in [-0.05, 0) is 25.2 Å². The number of piperazine rings is 1. The minimum absolute atomic E-state index is 0.0944. The first kappa shape index (κ1) is 17.8. The molecule has 2 aliphatic rings. The van der Waals surface area contributed by atoms with Gasteiger partial charge < -0.3 is 15.1 Å². The fourth-order valence-corrected chi connectivity index (χ4v) is 3.75. The maximum atomic E-state index is 12.6. The van der Waals surface area contributed by atoms with Crippen LogP contribution in [0.15, 0.2) is 17.4 Å². The predicted molar refractivity (Wildman–Crippen MR) is 99.7 cm³/mol. The average Bonchev–Trinajstić information content (AvgIpc) is 3.20. The summed E-state index contributed by atoms with van der Waals surface area (Å²) < 4.78 is 1.73. The fraction of sp³-hybridized carbons (Fsp3) is 0.722. The van der Waals surface area contributed by atoms with Crippen LogP contribution in [0.5, 0.6) is 0 Å². The van der Waals surface area contributed by atoms with Gasteiger partial charge in [0.05, 0.1) is 11.9 Å². The zero-order valence-electron chi connectivity index (χ0n) is 15.7. The maximum Gasteiger partial charge on any atom is 0.246 e. The first-order chi connectivity index (χ1) is 12.0. The number of nitrogens with zero attached hydrogens (tertiary/aromatic N) is 5. The van der Waals surface area contributed by atoms with Gasteiger partial charge in [0, 0.05) is 39.4 Å². The van der Waals surface area contributed by atoms with Gasteiger partial charge >= 0.3 is 0 Å². The Balaban J connectivity index is 1.66. The van der Waals surface area contributed by atoms with Crippen molar-refractivity contribution in [3.63, 3.8) is 0 Å². The van der Waals surface area contributed by atoms with Gasteiger partial charge in [-0.2, -0.15) is 5.10 Å². The number of carbonyl (C=O) groups is 1. The second kappa shape index (κ2) is 7.45. The molecule has 0 atom stereocenters. The molecule has 2 heterocycles. The molecule has 1 aromatic rings. The molecule has 0 spiro atoms. The normalized spacial score (nSPS) is 21.1. The number of hydrogen-bond donors (Lipinski definition) is 1. The molecular formula is C18H30N6O. The number of rotatable bonds is 4. The number of nitrogens with one attached hydrogen (secondary N) is 1. The lowest BCUT2D eigenvalue weighted by molar-refractivity contribution is -0.120. The molecule has 3 rings (SSSR count). The summed E-state index contributed by atoms with van der Waals surface area (Å²) in [5, 5.41) is 7.53. The number of hydrogen-bond acceptors (Lipinski definition) is 3. The van der Waals surface area contributed by atoms with Crippen molar-refractivity contribution in [1.82, 2.24) is 20.0 Å². The number of carbonyl (C=O) groups excluding carboxylic acids is 1. The SMILES string of the molecule is CCNC(=NCC1(C)CCCC1)N1CCN(c2cnn(C)c2)C(=O)C1. The molecule has 7 heteroatoms. The summed E-state index contributed by atoms with van der Waals surface area (Å²) in [7, 11) is 1.86. The Morgan fingerprint density at radius 1 is 1.36 bits per heavy atom. The second-order valence-corrected chi connectivity index (χ2v) is 7.53. The highest BCUT2D eigenvalue weighted by Gasteiger charge is 2.30. The highest BCUT2D eigenvalue weighted by atomic mass is 16.2. The van der Waals surface area contributed by atoms with E-state index >= 15 is 0 Å². The van der Waals surface area contributed by atoms with E-state index in [4.69, 9.17) is 4.99 Å². The van der Waals surface area contributed by atoms with Crippen molar-refractivity contribution < 1.29 is 4.79 Å². The Hall–Kier alpha value is -2.05. The number of aromatic nitrogens is 2. The third-order valence-electron chi connectivity index (χ3n) is 5.28. The summed E-state index contributed by atoms with van der Waals surface area (Å²) >= 11 is 0. The van der Waals surface area contributed by atoms with Crippen LogP contribution in [0.25, 0.3) is 0 Å². The molecule has 138 valence electrons. The number of amides is 1. The summed E-state index contributed by atoms with van der Waals surface area (Å²) in [5.41, 5.74) is 1.19. The smallest absolute Gasteiger partial charge is 0.246 e. The van der Waals surface area contributed by atoms with Crippen LogP contribution < -0.4 is 10.2 Å². The molecule has 7 nitrogen and oxygen atoms in total. The van der Waals surface area contributed by atoms with Crippen LogP contribution in [0.3, 0.4) is 0 Å². The molecule has 1 N–H and O–H groups in total. The third kappa shape index (κ3) is 4.14. The van der Waals surface area contributed by atoms with E-state index in [1.165, 1.54) is 25.7 Å². The van der Waals surface area contributed by atoms with Gasteiger partial charge in [0.1, 0.15) is 6.54 Å². The van der Waals surface area contributed by atoms with Gasteiger partial charge in [0.25, 0.3) is 0 Å². The van der Waals surface area contributed by atoms with Gasteiger partial charge in [0.15, 0.2) is 5.96 Å². The van der Waals surface area contributed by atoms with E-state index in [0.29, 0.717) is 18.5 Å². The lowest BCUT2D eigenvalue weighted by Crippen LogP contribution is -2.55. The Bertz CT molecular complexity index is 631. The predicted octanol–water partition coefficient (Wildman–Crippen LogP) is 1.61. The third-order valence-corrected chi connectivity index (χ3v) is 5.28. The van der Waals surface area contributed by atoms with Crippen molar-refractivity contribution in [3.05, 3.63) is 12.4 Å². The van der Waals surface area contributed by atoms with Crippen molar-refractivity contribution >= 4 is 17.6 Å². The minimum Gasteiger partial charge on any atom is -0.357 e. The van der Waals surface area contributed by atoms with Crippen molar-refractivity contribution in [3.8, 4) is 0 Å². The van der Waals surface area contributed by atoms with Crippen LogP contribution in [-0.4, -0.2) is 59.3 Å². The zero-order chi connectivity index (χ0) is 17.9. The molecule has 0 radical (unpaired) electrons. The largest absolute Gasteiger partial charge is 0.357 e. The van der Waals surface area contributed by atoms with Crippen molar-refractivity contribution in [2.45, 2.75) is 39.5 Å². The molecule has 0 aromatic carbocycles. The molecular weight excluding hydrogens is 316 g/mol. The minimum atomic E-state index is 0.0944. The van der Waals surface area contributed by atoms with Crippen LogP contribution in [-0.2, 0) is 11.8 Å². The molecule has 1 saturated carbocycles. The van der Waals surface area contributed by atoms with Crippen LogP contribution in [0, 0.1) is 5.41 Å². The zero-order valence-corrected chi connectivity index (χ0v) is 15.7. The first-order valence-electron chi connectivity index (χ1n) is 9.33. The lowest BCUT2D eigenvalue weighted by Gasteiger charge is -2.35. The molecule has 0 bridgehead atoms. The van der Waals surface area contributed by atoms with Crippen LogP contribution in [0.2, 0.25) is 0 Å². The van der Waals surface area contributed by atoms with E-state index in [9.17, 15) is 4.79 Å². The second-order valence-electron chi connectivity index (χ2n) is 7.53. The quantitative estimate of drug-likeness (QED) is 0.664. The standard InChI is InChI=1S/C18H30N6O/c1-4-19-17(20-14-18(2)7-5-6-8-18)23-9-10-24(16(25)13-23)15-11-21-22(3)12-15/h11-12H,4-10,13-14H2,1-3H3,(H,19,20). The summed E-state index contributed by atoms with van der Waals surface area (Å²) in [6, 6.07) is 0. The molecule has 1 saturated heterocycles. The van der Waals surface area contributed by atoms with Crippen LogP contribution >= 0.6 is 0 Å². The molecule has 1 aromatic heterocycles. The van der Waals surface area contributed by atoms with E-state index in [2.05, 4.69) is 29.2 Å².